The molecule has 0 N–H and O–H groups in total. The van der Waals surface area contributed by atoms with E-state index in [-0.39, 0.29) is 42.0 Å². The third-order valence-corrected chi connectivity index (χ3v) is 0.447. The van der Waals surface area contributed by atoms with Crippen LogP contribution in [0.5, 0.6) is 0 Å². The molecule has 0 bridgehead atoms. The van der Waals surface area contributed by atoms with Gasteiger partial charge in [-0.3, -0.25) is 0 Å². The van der Waals surface area contributed by atoms with Crippen LogP contribution in [-0.2, 0) is 0 Å². The fourth-order valence-corrected chi connectivity index (χ4v) is 0. The van der Waals surface area contributed by atoms with E-state index in [1.807, 2.05) is 19.0 Å². The Labute approximate surface area is 74.2 Å². The molecule has 1 nitrogen and oxygen atoms in total. The van der Waals surface area contributed by atoms with Crippen molar-refractivity contribution in [2.45, 2.75) is 0 Å². The molecular weight excluding hydrogens is 120 g/mol. The first kappa shape index (κ1) is 15.7. The van der Waals surface area contributed by atoms with Crippen molar-refractivity contribution in [3.8, 4) is 0 Å². The van der Waals surface area contributed by atoms with Gasteiger partial charge in [-0.2, -0.15) is 0 Å². The van der Waals surface area contributed by atoms with Crippen LogP contribution in [0.1, 0.15) is 0 Å². The maximum absolute atomic E-state index is 3.61. The van der Waals surface area contributed by atoms with Gasteiger partial charge in [0.05, 0.1) is 0 Å². The van der Waals surface area contributed by atoms with E-state index in [1.165, 1.54) is 0 Å². The van der Waals surface area contributed by atoms with Gasteiger partial charge in [0, 0.05) is 0 Å². The molecule has 0 atom stereocenters. The average Bonchev–Trinajstić information content (AvgIpc) is 1.38. The summed E-state index contributed by atoms with van der Waals surface area (Å²) >= 11 is 0. The Balaban J connectivity index is -0.0000000800. The minimum atomic E-state index is 0. The Morgan fingerprint density at radius 3 is 1.57 bits per heavy atom. The summed E-state index contributed by atoms with van der Waals surface area (Å²) in [6.45, 7) is 4.50. The van der Waals surface area contributed by atoms with Gasteiger partial charge in [0.15, 0.2) is 0 Å². The van der Waals surface area contributed by atoms with Crippen LogP contribution in [-0.4, -0.2) is 25.5 Å². The van der Waals surface area contributed by atoms with Gasteiger partial charge in [-0.25, -0.2) is 0 Å². The Hall–Kier alpha value is 1.25. The van der Waals surface area contributed by atoms with Gasteiger partial charge < -0.3 is 17.3 Å². The number of rotatable bonds is 1. The average molecular weight is 131 g/mol. The van der Waals surface area contributed by atoms with E-state index in [2.05, 4.69) is 6.92 Å². The third-order valence-electron chi connectivity index (χ3n) is 0.447. The van der Waals surface area contributed by atoms with E-state index >= 15 is 0 Å². The van der Waals surface area contributed by atoms with Gasteiger partial charge in [0.25, 0.3) is 0 Å². The number of nitrogens with zero attached hydrogens (tertiary/aromatic N) is 1. The van der Waals surface area contributed by atoms with Gasteiger partial charge >= 0.3 is 29.6 Å². The van der Waals surface area contributed by atoms with Crippen LogP contribution in [0.4, 0.5) is 0 Å². The fraction of sp³-hybridized carbons (Fsp3) is 0.750. The van der Waals surface area contributed by atoms with E-state index in [0.29, 0.717) is 0 Å². The molecule has 0 spiro atoms. The second kappa shape index (κ2) is 10.3. The molecule has 0 aromatic heterocycles. The predicted octanol–water partition coefficient (Wildman–Crippen LogP) is -5.61. The van der Waals surface area contributed by atoms with Crippen molar-refractivity contribution in [2.75, 3.05) is 20.6 Å². The van der Waals surface area contributed by atoms with Gasteiger partial charge in [0.1, 0.15) is 0 Å². The van der Waals surface area contributed by atoms with Crippen LogP contribution in [0.25, 0.3) is 0 Å². The standard InChI is InChI=1S/C4H10N.ClH.Na/c1-4-5(2)3;;/h1,4H2,2-3H3;1H;/q;;+1/p-1. The van der Waals surface area contributed by atoms with E-state index in [1.54, 1.807) is 0 Å². The second-order valence-corrected chi connectivity index (χ2v) is 1.30. The van der Waals surface area contributed by atoms with Crippen molar-refractivity contribution in [2.24, 2.45) is 0 Å². The molecule has 0 aliphatic carbocycles. The van der Waals surface area contributed by atoms with Crippen molar-refractivity contribution in [1.82, 2.24) is 4.90 Å². The molecule has 0 aromatic rings. The summed E-state index contributed by atoms with van der Waals surface area (Å²) in [4.78, 5) is 2.01. The summed E-state index contributed by atoms with van der Waals surface area (Å²) in [6, 6.07) is 0. The monoisotopic (exact) mass is 130 g/mol. The first-order valence-corrected chi connectivity index (χ1v) is 1.71. The molecule has 0 fully saturated rings. The molecule has 39 valence electrons. The number of hydrogen-bond acceptors (Lipinski definition) is 1. The smallest absolute Gasteiger partial charge is 1.00 e. The topological polar surface area (TPSA) is 3.24 Å². The molecule has 0 aromatic carbocycles. The molecule has 0 amide bonds. The summed E-state index contributed by atoms with van der Waals surface area (Å²) in [5.74, 6) is 0. The Kier molecular flexibility index (Phi) is 23.1. The summed E-state index contributed by atoms with van der Waals surface area (Å²) in [5, 5.41) is 0. The maximum atomic E-state index is 3.61. The SMILES string of the molecule is [CH2]CN(C)C.[Cl-].[Na+]. The summed E-state index contributed by atoms with van der Waals surface area (Å²) < 4.78 is 0. The fourth-order valence-electron chi connectivity index (χ4n) is 0. The summed E-state index contributed by atoms with van der Waals surface area (Å²) in [6.07, 6.45) is 0. The zero-order chi connectivity index (χ0) is 4.28. The van der Waals surface area contributed by atoms with Gasteiger partial charge in [-0.1, -0.05) is 0 Å². The summed E-state index contributed by atoms with van der Waals surface area (Å²) in [7, 11) is 3.99. The minimum absolute atomic E-state index is 0. The van der Waals surface area contributed by atoms with Crippen LogP contribution in [0.15, 0.2) is 0 Å². The van der Waals surface area contributed by atoms with Crippen LogP contribution in [0.2, 0.25) is 0 Å². The Morgan fingerprint density at radius 1 is 1.43 bits per heavy atom. The molecule has 0 saturated heterocycles. The van der Waals surface area contributed by atoms with E-state index in [4.69, 9.17) is 0 Å². The first-order chi connectivity index (χ1) is 2.27. The predicted molar refractivity (Wildman–Crippen MR) is 23.9 cm³/mol. The molecule has 7 heavy (non-hydrogen) atoms. The molecule has 0 saturated carbocycles. The van der Waals surface area contributed by atoms with Gasteiger partial charge in [-0.05, 0) is 27.6 Å². The molecule has 3 heteroatoms. The molecular formula is C4H10ClNNa. The van der Waals surface area contributed by atoms with Crippen LogP contribution >= 0.6 is 0 Å². The van der Waals surface area contributed by atoms with E-state index in [9.17, 15) is 0 Å². The maximum Gasteiger partial charge on any atom is 1.00 e. The zero-order valence-corrected chi connectivity index (χ0v) is 8.00. The van der Waals surface area contributed by atoms with Crippen LogP contribution < -0.4 is 42.0 Å². The molecule has 0 heterocycles. The van der Waals surface area contributed by atoms with Crippen molar-refractivity contribution in [3.63, 3.8) is 0 Å². The van der Waals surface area contributed by atoms with Gasteiger partial charge in [0.2, 0.25) is 0 Å². The zero-order valence-electron chi connectivity index (χ0n) is 5.24. The second-order valence-electron chi connectivity index (χ2n) is 1.30. The Bertz CT molecular complexity index is 25.7. The Morgan fingerprint density at radius 2 is 1.57 bits per heavy atom. The van der Waals surface area contributed by atoms with Crippen molar-refractivity contribution in [1.29, 1.82) is 0 Å². The van der Waals surface area contributed by atoms with Crippen molar-refractivity contribution >= 4 is 0 Å². The largest absolute Gasteiger partial charge is 1.00 e. The summed E-state index contributed by atoms with van der Waals surface area (Å²) in [5.41, 5.74) is 0. The quantitative estimate of drug-likeness (QED) is 0.320. The molecule has 1 radical (unpaired) electrons. The molecule has 0 aliphatic heterocycles. The number of hydrogen-bond donors (Lipinski definition) is 0. The molecule has 0 rings (SSSR count). The van der Waals surface area contributed by atoms with Crippen molar-refractivity contribution in [3.05, 3.63) is 6.92 Å². The van der Waals surface area contributed by atoms with Crippen LogP contribution in [0, 0.1) is 6.92 Å². The van der Waals surface area contributed by atoms with E-state index in [0.717, 1.165) is 6.54 Å². The van der Waals surface area contributed by atoms with Crippen LogP contribution in [0.3, 0.4) is 0 Å². The first-order valence-electron chi connectivity index (χ1n) is 1.71. The van der Waals surface area contributed by atoms with Crippen molar-refractivity contribution < 1.29 is 42.0 Å². The minimum Gasteiger partial charge on any atom is -1.00 e. The van der Waals surface area contributed by atoms with Gasteiger partial charge in [-0.15, -0.1) is 0 Å². The third kappa shape index (κ3) is 18.9. The normalized spacial score (nSPS) is 6.86. The molecule has 0 unspecified atom stereocenters. The molecule has 0 aliphatic rings. The van der Waals surface area contributed by atoms with E-state index < -0.39 is 0 Å². The number of halogens is 1.